The molecule has 0 saturated carbocycles. The van der Waals surface area contributed by atoms with Crippen LogP contribution in [0.2, 0.25) is 0 Å². The van der Waals surface area contributed by atoms with E-state index in [-0.39, 0.29) is 5.91 Å². The van der Waals surface area contributed by atoms with Crippen LogP contribution in [0.3, 0.4) is 0 Å². The zero-order valence-corrected chi connectivity index (χ0v) is 17.8. The van der Waals surface area contributed by atoms with Crippen molar-refractivity contribution >= 4 is 22.9 Å². The van der Waals surface area contributed by atoms with Crippen LogP contribution in [0.25, 0.3) is 16.9 Å². The number of hydrogen-bond acceptors (Lipinski definition) is 7. The third-order valence-electron chi connectivity index (χ3n) is 5.65. The van der Waals surface area contributed by atoms with Crippen molar-refractivity contribution in [3.8, 4) is 11.4 Å². The number of fused-ring (bicyclic) bond motifs is 1. The van der Waals surface area contributed by atoms with Crippen LogP contribution in [0.4, 0.5) is 5.82 Å². The molecule has 1 amide bonds. The molecule has 1 fully saturated rings. The highest BCUT2D eigenvalue weighted by atomic mass is 16.5. The molecule has 9 heteroatoms. The van der Waals surface area contributed by atoms with E-state index >= 15 is 0 Å². The van der Waals surface area contributed by atoms with Crippen molar-refractivity contribution in [1.82, 2.24) is 29.9 Å². The highest BCUT2D eigenvalue weighted by Crippen LogP contribution is 2.25. The number of carbonyl (C=O) groups is 1. The maximum atomic E-state index is 12.7. The van der Waals surface area contributed by atoms with Gasteiger partial charge in [0.25, 0.3) is 0 Å². The molecule has 0 aliphatic carbocycles. The first-order chi connectivity index (χ1) is 15.7. The Morgan fingerprint density at radius 3 is 2.59 bits per heavy atom. The summed E-state index contributed by atoms with van der Waals surface area (Å²) in [7, 11) is 1.63. The lowest BCUT2D eigenvalue weighted by Gasteiger charge is -2.35. The minimum Gasteiger partial charge on any atom is -0.497 e. The number of benzene rings is 2. The molecule has 0 radical (unpaired) electrons. The average Bonchev–Trinajstić information content (AvgIpc) is 3.29. The van der Waals surface area contributed by atoms with E-state index in [1.54, 1.807) is 11.8 Å². The molecular weight excluding hydrogens is 406 g/mol. The third kappa shape index (κ3) is 3.84. The van der Waals surface area contributed by atoms with Crippen LogP contribution in [-0.4, -0.2) is 69.1 Å². The van der Waals surface area contributed by atoms with Crippen molar-refractivity contribution in [2.75, 3.05) is 38.2 Å². The number of piperazine rings is 1. The monoisotopic (exact) mass is 429 g/mol. The van der Waals surface area contributed by atoms with Crippen LogP contribution in [0.15, 0.2) is 60.9 Å². The van der Waals surface area contributed by atoms with Crippen LogP contribution in [0, 0.1) is 0 Å². The van der Waals surface area contributed by atoms with Gasteiger partial charge in [0.2, 0.25) is 5.91 Å². The Balaban J connectivity index is 1.33. The first-order valence-corrected chi connectivity index (χ1v) is 10.5. The average molecular weight is 429 g/mol. The maximum Gasteiger partial charge on any atom is 0.227 e. The summed E-state index contributed by atoms with van der Waals surface area (Å²) in [5.74, 6) is 1.61. The number of aromatic nitrogens is 5. The number of ether oxygens (including phenoxy) is 1. The van der Waals surface area contributed by atoms with E-state index < -0.39 is 0 Å². The molecule has 0 bridgehead atoms. The minimum atomic E-state index is 0.146. The summed E-state index contributed by atoms with van der Waals surface area (Å²) in [6.07, 6.45) is 1.96. The Kier molecular flexibility index (Phi) is 5.37. The van der Waals surface area contributed by atoms with Crippen molar-refractivity contribution in [3.63, 3.8) is 0 Å². The summed E-state index contributed by atoms with van der Waals surface area (Å²) >= 11 is 0. The molecular formula is C23H23N7O2. The Morgan fingerprint density at radius 1 is 1.00 bits per heavy atom. The minimum absolute atomic E-state index is 0.146. The normalized spacial score (nSPS) is 14.0. The summed E-state index contributed by atoms with van der Waals surface area (Å²) < 4.78 is 7.00. The number of anilines is 1. The fourth-order valence-electron chi connectivity index (χ4n) is 3.93. The first-order valence-electron chi connectivity index (χ1n) is 10.5. The SMILES string of the molecule is COc1cccc(-n2nnc3c(N4CCN(C(=O)Cc5ccccc5)CC4)ncnc32)c1. The summed E-state index contributed by atoms with van der Waals surface area (Å²) in [4.78, 5) is 25.6. The Labute approximate surface area is 185 Å². The van der Waals surface area contributed by atoms with Gasteiger partial charge in [-0.2, -0.15) is 4.68 Å². The summed E-state index contributed by atoms with van der Waals surface area (Å²) in [5.41, 5.74) is 3.12. The van der Waals surface area contributed by atoms with Crippen LogP contribution in [-0.2, 0) is 11.2 Å². The number of carbonyl (C=O) groups excluding carboxylic acids is 1. The second-order valence-corrected chi connectivity index (χ2v) is 7.60. The maximum absolute atomic E-state index is 12.7. The molecule has 3 heterocycles. The van der Waals surface area contributed by atoms with Gasteiger partial charge in [0.05, 0.1) is 19.2 Å². The Hall–Kier alpha value is -4.01. The molecule has 0 N–H and O–H groups in total. The zero-order chi connectivity index (χ0) is 21.9. The summed E-state index contributed by atoms with van der Waals surface area (Å²) in [6.45, 7) is 2.64. The molecule has 0 spiro atoms. The molecule has 1 aliphatic heterocycles. The molecule has 9 nitrogen and oxygen atoms in total. The molecule has 162 valence electrons. The molecule has 1 saturated heterocycles. The van der Waals surface area contributed by atoms with E-state index in [1.807, 2.05) is 59.5 Å². The Bertz CT molecular complexity index is 1230. The van der Waals surface area contributed by atoms with Crippen molar-refractivity contribution in [2.24, 2.45) is 0 Å². The Morgan fingerprint density at radius 2 is 1.81 bits per heavy atom. The van der Waals surface area contributed by atoms with Gasteiger partial charge in [0.15, 0.2) is 17.0 Å². The van der Waals surface area contributed by atoms with Crippen LogP contribution in [0.5, 0.6) is 5.75 Å². The predicted molar refractivity (Wildman–Crippen MR) is 120 cm³/mol. The lowest BCUT2D eigenvalue weighted by atomic mass is 10.1. The second-order valence-electron chi connectivity index (χ2n) is 7.60. The highest BCUT2D eigenvalue weighted by molar-refractivity contribution is 5.84. The fourth-order valence-corrected chi connectivity index (χ4v) is 3.93. The van der Waals surface area contributed by atoms with Gasteiger partial charge < -0.3 is 14.5 Å². The van der Waals surface area contributed by atoms with Gasteiger partial charge in [-0.3, -0.25) is 4.79 Å². The van der Waals surface area contributed by atoms with Crippen molar-refractivity contribution in [2.45, 2.75) is 6.42 Å². The molecule has 1 aliphatic rings. The molecule has 32 heavy (non-hydrogen) atoms. The molecule has 5 rings (SSSR count). The lowest BCUT2D eigenvalue weighted by molar-refractivity contribution is -0.130. The van der Waals surface area contributed by atoms with E-state index in [1.165, 1.54) is 6.33 Å². The van der Waals surface area contributed by atoms with Crippen molar-refractivity contribution in [3.05, 3.63) is 66.5 Å². The summed E-state index contributed by atoms with van der Waals surface area (Å²) in [6, 6.07) is 17.4. The molecule has 0 atom stereocenters. The first kappa shape index (κ1) is 19.9. The van der Waals surface area contributed by atoms with Gasteiger partial charge >= 0.3 is 0 Å². The lowest BCUT2D eigenvalue weighted by Crippen LogP contribution is -2.49. The zero-order valence-electron chi connectivity index (χ0n) is 17.8. The van der Waals surface area contributed by atoms with Crippen LogP contribution < -0.4 is 9.64 Å². The highest BCUT2D eigenvalue weighted by Gasteiger charge is 2.25. The molecule has 4 aromatic rings. The smallest absolute Gasteiger partial charge is 0.227 e. The number of rotatable bonds is 5. The topological polar surface area (TPSA) is 89.3 Å². The van der Waals surface area contributed by atoms with Gasteiger partial charge in [-0.05, 0) is 17.7 Å². The van der Waals surface area contributed by atoms with Crippen LogP contribution in [0.1, 0.15) is 5.56 Å². The second kappa shape index (κ2) is 8.62. The van der Waals surface area contributed by atoms with E-state index in [0.29, 0.717) is 43.8 Å². The quantitative estimate of drug-likeness (QED) is 0.480. The van der Waals surface area contributed by atoms with Gasteiger partial charge in [-0.25, -0.2) is 9.97 Å². The van der Waals surface area contributed by atoms with E-state index in [2.05, 4.69) is 25.2 Å². The third-order valence-corrected chi connectivity index (χ3v) is 5.65. The standard InChI is InChI=1S/C23H23N7O2/c1-32-19-9-5-8-18(15-19)30-23-21(26-27-30)22(24-16-25-23)29-12-10-28(11-13-29)20(31)14-17-6-3-2-4-7-17/h2-9,15-16H,10-14H2,1H3. The molecule has 2 aromatic carbocycles. The predicted octanol–water partition coefficient (Wildman–Crippen LogP) is 2.11. The van der Waals surface area contributed by atoms with E-state index in [9.17, 15) is 4.79 Å². The van der Waals surface area contributed by atoms with E-state index in [4.69, 9.17) is 4.74 Å². The number of amides is 1. The van der Waals surface area contributed by atoms with Crippen molar-refractivity contribution < 1.29 is 9.53 Å². The molecule has 0 unspecified atom stereocenters. The van der Waals surface area contributed by atoms with Gasteiger partial charge in [0, 0.05) is 32.2 Å². The van der Waals surface area contributed by atoms with Crippen molar-refractivity contribution in [1.29, 1.82) is 0 Å². The number of nitrogens with zero attached hydrogens (tertiary/aromatic N) is 7. The van der Waals surface area contributed by atoms with Gasteiger partial charge in [0.1, 0.15) is 12.1 Å². The van der Waals surface area contributed by atoms with Crippen LogP contribution >= 0.6 is 0 Å². The number of hydrogen-bond donors (Lipinski definition) is 0. The fraction of sp³-hybridized carbons (Fsp3) is 0.261. The molecule has 2 aromatic heterocycles. The van der Waals surface area contributed by atoms with Gasteiger partial charge in [-0.15, -0.1) is 5.10 Å². The number of methoxy groups -OCH3 is 1. The van der Waals surface area contributed by atoms with E-state index in [0.717, 1.165) is 22.8 Å². The summed E-state index contributed by atoms with van der Waals surface area (Å²) in [5, 5.41) is 8.66. The van der Waals surface area contributed by atoms with Gasteiger partial charge in [-0.1, -0.05) is 41.6 Å². The largest absolute Gasteiger partial charge is 0.497 e.